The molecule has 0 N–H and O–H groups in total. The number of nitrogens with zero attached hydrogens (tertiary/aromatic N) is 2. The molecule has 2 aliphatic heterocycles. The van der Waals surface area contributed by atoms with Crippen LogP contribution in [-0.4, -0.2) is 45.5 Å². The Labute approximate surface area is 224 Å². The van der Waals surface area contributed by atoms with E-state index in [1.807, 2.05) is 0 Å². The Bertz CT molecular complexity index is 1240. The summed E-state index contributed by atoms with van der Waals surface area (Å²) in [5.41, 5.74) is 1.73. The van der Waals surface area contributed by atoms with Crippen molar-refractivity contribution in [2.45, 2.75) is 103 Å². The molecule has 4 amide bonds. The van der Waals surface area contributed by atoms with Crippen LogP contribution in [-0.2, 0) is 0 Å². The number of hydrogen-bond acceptors (Lipinski definition) is 4. The molecule has 2 aromatic rings. The molecule has 6 heteroatoms. The van der Waals surface area contributed by atoms with Gasteiger partial charge in [0.05, 0.1) is 0 Å². The second-order valence-electron chi connectivity index (χ2n) is 12.1. The zero-order valence-corrected chi connectivity index (χ0v) is 22.6. The Kier molecular flexibility index (Phi) is 6.61. The highest BCUT2D eigenvalue weighted by Gasteiger charge is 2.44. The van der Waals surface area contributed by atoms with Crippen LogP contribution in [0.15, 0.2) is 24.3 Å². The summed E-state index contributed by atoms with van der Waals surface area (Å²) in [5, 5.41) is 0.967. The van der Waals surface area contributed by atoms with Crippen molar-refractivity contribution in [2.24, 2.45) is 11.8 Å². The lowest BCUT2D eigenvalue weighted by Crippen LogP contribution is -2.50. The lowest BCUT2D eigenvalue weighted by molar-refractivity contribution is 0.0463. The van der Waals surface area contributed by atoms with E-state index in [9.17, 15) is 19.2 Å². The predicted molar refractivity (Wildman–Crippen MR) is 146 cm³/mol. The number of benzene rings is 2. The SMILES string of the molecule is CCCCCC1CCC(N2C(=O)c3ccc4c5c(ccc(c35)C2=O)C(=O)N(C2CCC(C)CC2)C4=O)CC1. The van der Waals surface area contributed by atoms with Gasteiger partial charge in [-0.15, -0.1) is 0 Å². The first-order chi connectivity index (χ1) is 18.4. The number of imide groups is 2. The number of carbonyl (C=O) groups is 4. The van der Waals surface area contributed by atoms with Crippen LogP contribution in [0.4, 0.5) is 0 Å². The Morgan fingerprint density at radius 1 is 0.605 bits per heavy atom. The summed E-state index contributed by atoms with van der Waals surface area (Å²) < 4.78 is 0. The number of carbonyl (C=O) groups excluding carboxylic acids is 4. The molecular formula is C32H38N2O4. The summed E-state index contributed by atoms with van der Waals surface area (Å²) in [6.45, 7) is 4.43. The van der Waals surface area contributed by atoms with Gasteiger partial charge < -0.3 is 0 Å². The fourth-order valence-electron chi connectivity index (χ4n) is 7.45. The molecule has 2 fully saturated rings. The van der Waals surface area contributed by atoms with Crippen LogP contribution in [0.25, 0.3) is 10.8 Å². The Morgan fingerprint density at radius 3 is 1.39 bits per heavy atom. The van der Waals surface area contributed by atoms with Gasteiger partial charge in [-0.3, -0.25) is 29.0 Å². The minimum atomic E-state index is -0.297. The fraction of sp³-hybridized carbons (Fsp3) is 0.562. The second-order valence-corrected chi connectivity index (χ2v) is 12.1. The van der Waals surface area contributed by atoms with Gasteiger partial charge in [0.1, 0.15) is 0 Å². The van der Waals surface area contributed by atoms with E-state index >= 15 is 0 Å². The van der Waals surface area contributed by atoms with Crippen molar-refractivity contribution >= 4 is 34.4 Å². The number of unbranched alkanes of at least 4 members (excludes halogenated alkanes) is 2. The molecule has 4 aliphatic rings. The molecule has 200 valence electrons. The monoisotopic (exact) mass is 514 g/mol. The molecule has 0 bridgehead atoms. The average molecular weight is 515 g/mol. The molecule has 0 aromatic heterocycles. The first kappa shape index (κ1) is 25.3. The molecule has 6 nitrogen and oxygen atoms in total. The minimum absolute atomic E-state index is 0.0969. The highest BCUT2D eigenvalue weighted by molar-refractivity contribution is 6.33. The number of rotatable bonds is 6. The van der Waals surface area contributed by atoms with E-state index in [0.717, 1.165) is 51.4 Å². The Balaban J connectivity index is 1.31. The molecular weight excluding hydrogens is 476 g/mol. The molecule has 2 saturated carbocycles. The second kappa shape index (κ2) is 9.94. The first-order valence-electron chi connectivity index (χ1n) is 14.8. The van der Waals surface area contributed by atoms with Crippen molar-refractivity contribution in [3.8, 4) is 0 Å². The van der Waals surface area contributed by atoms with Gasteiger partial charge in [0, 0.05) is 45.1 Å². The van der Waals surface area contributed by atoms with Crippen LogP contribution in [0.2, 0.25) is 0 Å². The van der Waals surface area contributed by atoms with Crippen LogP contribution in [0.5, 0.6) is 0 Å². The normalized spacial score (nSPS) is 27.4. The predicted octanol–water partition coefficient (Wildman–Crippen LogP) is 6.75. The van der Waals surface area contributed by atoms with E-state index in [1.165, 1.54) is 35.5 Å². The van der Waals surface area contributed by atoms with Crippen LogP contribution in [0.3, 0.4) is 0 Å². The van der Waals surface area contributed by atoms with Gasteiger partial charge in [0.15, 0.2) is 0 Å². The van der Waals surface area contributed by atoms with Crippen LogP contribution >= 0.6 is 0 Å². The van der Waals surface area contributed by atoms with Crippen molar-refractivity contribution in [1.82, 2.24) is 9.80 Å². The maximum Gasteiger partial charge on any atom is 0.261 e. The van der Waals surface area contributed by atoms with Gasteiger partial charge in [-0.05, 0) is 87.5 Å². The maximum absolute atomic E-state index is 13.8. The average Bonchev–Trinajstić information content (AvgIpc) is 2.92. The van der Waals surface area contributed by atoms with E-state index < -0.39 is 0 Å². The third kappa shape index (κ3) is 3.99. The Hall–Kier alpha value is -3.02. The lowest BCUT2D eigenvalue weighted by atomic mass is 9.80. The third-order valence-electron chi connectivity index (χ3n) is 9.71. The molecule has 38 heavy (non-hydrogen) atoms. The summed E-state index contributed by atoms with van der Waals surface area (Å²) in [5.74, 6) is 0.118. The fourth-order valence-corrected chi connectivity index (χ4v) is 7.45. The zero-order chi connectivity index (χ0) is 26.6. The lowest BCUT2D eigenvalue weighted by Gasteiger charge is -2.40. The molecule has 0 spiro atoms. The van der Waals surface area contributed by atoms with E-state index in [0.29, 0.717) is 44.9 Å². The molecule has 6 rings (SSSR count). The van der Waals surface area contributed by atoms with Gasteiger partial charge in [-0.2, -0.15) is 0 Å². The molecule has 0 radical (unpaired) electrons. The van der Waals surface area contributed by atoms with Crippen molar-refractivity contribution in [3.63, 3.8) is 0 Å². The molecule has 0 unspecified atom stereocenters. The highest BCUT2D eigenvalue weighted by Crippen LogP contribution is 2.41. The van der Waals surface area contributed by atoms with E-state index in [2.05, 4.69) is 13.8 Å². The van der Waals surface area contributed by atoms with Crippen LogP contribution < -0.4 is 0 Å². The van der Waals surface area contributed by atoms with Crippen LogP contribution in [0, 0.1) is 11.8 Å². The van der Waals surface area contributed by atoms with Gasteiger partial charge in [0.25, 0.3) is 23.6 Å². The minimum Gasteiger partial charge on any atom is -0.271 e. The molecule has 2 aliphatic carbocycles. The van der Waals surface area contributed by atoms with Gasteiger partial charge in [-0.25, -0.2) is 0 Å². The smallest absolute Gasteiger partial charge is 0.261 e. The van der Waals surface area contributed by atoms with E-state index in [1.54, 1.807) is 24.3 Å². The van der Waals surface area contributed by atoms with E-state index in [-0.39, 0.29) is 35.7 Å². The van der Waals surface area contributed by atoms with Gasteiger partial charge >= 0.3 is 0 Å². The van der Waals surface area contributed by atoms with Crippen molar-refractivity contribution in [3.05, 3.63) is 46.5 Å². The Morgan fingerprint density at radius 2 is 1.00 bits per heavy atom. The molecule has 0 atom stereocenters. The van der Waals surface area contributed by atoms with Gasteiger partial charge in [0.2, 0.25) is 0 Å². The number of hydrogen-bond donors (Lipinski definition) is 0. The molecule has 2 aromatic carbocycles. The topological polar surface area (TPSA) is 74.8 Å². The van der Waals surface area contributed by atoms with Crippen LogP contribution in [0.1, 0.15) is 132 Å². The summed E-state index contributed by atoms with van der Waals surface area (Å²) in [4.78, 5) is 57.7. The standard InChI is InChI=1S/C32H38N2O4/c1-3-4-5-6-20-9-13-22(14-10-20)34-31(37)25-17-15-23-27-24(16-18-26(28(25)27)32(34)38)30(36)33(29(23)35)21-11-7-19(2)8-12-21/h15-22H,3-14H2,1-2H3. The quantitative estimate of drug-likeness (QED) is 0.316. The zero-order valence-electron chi connectivity index (χ0n) is 22.6. The van der Waals surface area contributed by atoms with Crippen molar-refractivity contribution in [2.75, 3.05) is 0 Å². The highest BCUT2D eigenvalue weighted by atomic mass is 16.2. The molecule has 2 heterocycles. The third-order valence-corrected chi connectivity index (χ3v) is 9.71. The first-order valence-corrected chi connectivity index (χ1v) is 14.8. The van der Waals surface area contributed by atoms with Crippen molar-refractivity contribution in [1.29, 1.82) is 0 Å². The number of amides is 4. The summed E-state index contributed by atoms with van der Waals surface area (Å²) >= 11 is 0. The maximum atomic E-state index is 13.8. The summed E-state index contributed by atoms with van der Waals surface area (Å²) in [6, 6.07) is 6.62. The molecule has 0 saturated heterocycles. The summed E-state index contributed by atoms with van der Waals surface area (Å²) in [7, 11) is 0. The van der Waals surface area contributed by atoms with Crippen molar-refractivity contribution < 1.29 is 19.2 Å². The van der Waals surface area contributed by atoms with E-state index in [4.69, 9.17) is 0 Å². The summed E-state index contributed by atoms with van der Waals surface area (Å²) in [6.07, 6.45) is 12.4. The largest absolute Gasteiger partial charge is 0.271 e. The van der Waals surface area contributed by atoms with Gasteiger partial charge in [-0.1, -0.05) is 39.5 Å².